The average molecular weight is 350 g/mol. The van der Waals surface area contributed by atoms with Crippen LogP contribution in [0.4, 0.5) is 0 Å². The van der Waals surface area contributed by atoms with Gasteiger partial charge in [0, 0.05) is 17.3 Å². The van der Waals surface area contributed by atoms with Gasteiger partial charge in [0.15, 0.2) is 5.78 Å². The smallest absolute Gasteiger partial charge is 0.194 e. The van der Waals surface area contributed by atoms with Crippen molar-refractivity contribution in [3.05, 3.63) is 52.3 Å². The van der Waals surface area contributed by atoms with Crippen molar-refractivity contribution in [1.82, 2.24) is 4.98 Å². The van der Waals surface area contributed by atoms with Crippen LogP contribution < -0.4 is 9.47 Å². The fraction of sp³-hybridized carbons (Fsp3) is 0.250. The maximum atomic E-state index is 12.5. The van der Waals surface area contributed by atoms with Crippen LogP contribution in [0.5, 0.6) is 11.5 Å². The van der Waals surface area contributed by atoms with Crippen molar-refractivity contribution in [2.75, 3.05) is 7.11 Å². The number of methoxy groups -OCH3 is 1. The minimum Gasteiger partial charge on any atom is -0.496 e. The molecule has 0 fully saturated rings. The number of nitrogens with zero attached hydrogens (tertiary/aromatic N) is 1. The highest BCUT2D eigenvalue weighted by atomic mass is 79.9. The highest BCUT2D eigenvalue weighted by molar-refractivity contribution is 9.10. The van der Waals surface area contributed by atoms with Crippen LogP contribution in [-0.4, -0.2) is 24.0 Å². The summed E-state index contributed by atoms with van der Waals surface area (Å²) < 4.78 is 11.4. The summed E-state index contributed by atoms with van der Waals surface area (Å²) in [5, 5.41) is 0. The molecule has 0 unspecified atom stereocenters. The molecule has 5 heteroatoms. The third-order valence-corrected chi connectivity index (χ3v) is 3.38. The van der Waals surface area contributed by atoms with E-state index >= 15 is 0 Å². The van der Waals surface area contributed by atoms with Gasteiger partial charge in [-0.25, -0.2) is 0 Å². The van der Waals surface area contributed by atoms with Crippen molar-refractivity contribution in [3.8, 4) is 11.5 Å². The SMILES string of the molecule is COc1ccc(C(=O)c2cncc(OC(C)C)c2)cc1Br. The first-order valence-corrected chi connectivity index (χ1v) is 7.30. The number of halogens is 1. The fourth-order valence-corrected chi connectivity index (χ4v) is 2.39. The number of carbonyl (C=O) groups is 1. The van der Waals surface area contributed by atoms with Gasteiger partial charge >= 0.3 is 0 Å². The van der Waals surface area contributed by atoms with E-state index in [0.29, 0.717) is 22.6 Å². The van der Waals surface area contributed by atoms with Crippen LogP contribution in [0, 0.1) is 0 Å². The predicted molar refractivity (Wildman–Crippen MR) is 84.1 cm³/mol. The van der Waals surface area contributed by atoms with Crippen molar-refractivity contribution >= 4 is 21.7 Å². The molecule has 0 amide bonds. The lowest BCUT2D eigenvalue weighted by Gasteiger charge is -2.10. The minimum absolute atomic E-state index is 0.0345. The van der Waals surface area contributed by atoms with Crippen LogP contribution in [0.1, 0.15) is 29.8 Å². The maximum Gasteiger partial charge on any atom is 0.194 e. The van der Waals surface area contributed by atoms with E-state index in [9.17, 15) is 4.79 Å². The number of ether oxygens (including phenoxy) is 2. The van der Waals surface area contributed by atoms with Gasteiger partial charge in [-0.2, -0.15) is 0 Å². The average Bonchev–Trinajstić information content (AvgIpc) is 2.46. The van der Waals surface area contributed by atoms with Crippen molar-refractivity contribution in [3.63, 3.8) is 0 Å². The standard InChI is InChI=1S/C16H16BrNO3/c1-10(2)21-13-6-12(8-18-9-13)16(19)11-4-5-15(20-3)14(17)7-11/h4-10H,1-3H3. The van der Waals surface area contributed by atoms with Gasteiger partial charge in [0.25, 0.3) is 0 Å². The second-order valence-corrected chi connectivity index (χ2v) is 5.61. The Morgan fingerprint density at radius 3 is 2.57 bits per heavy atom. The third kappa shape index (κ3) is 3.82. The van der Waals surface area contributed by atoms with Gasteiger partial charge in [-0.05, 0) is 54.0 Å². The zero-order valence-electron chi connectivity index (χ0n) is 12.1. The first kappa shape index (κ1) is 15.5. The van der Waals surface area contributed by atoms with E-state index in [2.05, 4.69) is 20.9 Å². The minimum atomic E-state index is -0.111. The highest BCUT2D eigenvalue weighted by Gasteiger charge is 2.13. The van der Waals surface area contributed by atoms with Gasteiger partial charge in [0.2, 0.25) is 0 Å². The highest BCUT2D eigenvalue weighted by Crippen LogP contribution is 2.27. The molecule has 2 rings (SSSR count). The second kappa shape index (κ2) is 6.72. The van der Waals surface area contributed by atoms with E-state index in [4.69, 9.17) is 9.47 Å². The Balaban J connectivity index is 2.29. The molecule has 1 aromatic heterocycles. The largest absolute Gasteiger partial charge is 0.496 e. The Kier molecular flexibility index (Phi) is 4.96. The molecule has 2 aromatic rings. The van der Waals surface area contributed by atoms with Crippen LogP contribution in [0.3, 0.4) is 0 Å². The van der Waals surface area contributed by atoms with Crippen LogP contribution in [0.25, 0.3) is 0 Å². The van der Waals surface area contributed by atoms with E-state index in [-0.39, 0.29) is 11.9 Å². The van der Waals surface area contributed by atoms with E-state index in [0.717, 1.165) is 4.47 Å². The Hall–Kier alpha value is -1.88. The summed E-state index contributed by atoms with van der Waals surface area (Å²) in [6.45, 7) is 3.85. The number of hydrogen-bond donors (Lipinski definition) is 0. The van der Waals surface area contributed by atoms with Crippen molar-refractivity contribution in [2.45, 2.75) is 20.0 Å². The number of benzene rings is 1. The summed E-state index contributed by atoms with van der Waals surface area (Å²) in [7, 11) is 1.58. The van der Waals surface area contributed by atoms with Gasteiger partial charge in [-0.1, -0.05) is 0 Å². The fourth-order valence-electron chi connectivity index (χ4n) is 1.85. The quantitative estimate of drug-likeness (QED) is 0.768. The summed E-state index contributed by atoms with van der Waals surface area (Å²) in [6, 6.07) is 6.91. The lowest BCUT2D eigenvalue weighted by atomic mass is 10.0. The molecule has 0 aliphatic rings. The van der Waals surface area contributed by atoms with E-state index in [1.165, 1.54) is 6.20 Å². The zero-order valence-corrected chi connectivity index (χ0v) is 13.7. The van der Waals surface area contributed by atoms with Crippen LogP contribution in [0.2, 0.25) is 0 Å². The molecule has 0 N–H and O–H groups in total. The molecule has 1 aromatic carbocycles. The number of carbonyl (C=O) groups excluding carboxylic acids is 1. The summed E-state index contributed by atoms with van der Waals surface area (Å²) in [4.78, 5) is 16.5. The number of hydrogen-bond acceptors (Lipinski definition) is 4. The van der Waals surface area contributed by atoms with Crippen LogP contribution >= 0.6 is 15.9 Å². The maximum absolute atomic E-state index is 12.5. The summed E-state index contributed by atoms with van der Waals surface area (Å²) in [6.07, 6.45) is 3.17. The van der Waals surface area contributed by atoms with E-state index in [1.807, 2.05) is 13.8 Å². The topological polar surface area (TPSA) is 48.4 Å². The van der Waals surface area contributed by atoms with E-state index < -0.39 is 0 Å². The molecule has 4 nitrogen and oxygen atoms in total. The molecule has 0 saturated carbocycles. The second-order valence-electron chi connectivity index (χ2n) is 4.75. The molecular formula is C16H16BrNO3. The molecule has 0 radical (unpaired) electrons. The Bertz CT molecular complexity index is 656. The number of ketones is 1. The van der Waals surface area contributed by atoms with E-state index in [1.54, 1.807) is 37.6 Å². The van der Waals surface area contributed by atoms with Crippen LogP contribution in [-0.2, 0) is 0 Å². The van der Waals surface area contributed by atoms with Crippen molar-refractivity contribution < 1.29 is 14.3 Å². The van der Waals surface area contributed by atoms with Gasteiger partial charge in [-0.15, -0.1) is 0 Å². The Morgan fingerprint density at radius 2 is 1.95 bits per heavy atom. The third-order valence-electron chi connectivity index (χ3n) is 2.76. The molecule has 110 valence electrons. The molecule has 0 aliphatic heterocycles. The predicted octanol–water partition coefficient (Wildman–Crippen LogP) is 3.87. The molecule has 0 atom stereocenters. The zero-order chi connectivity index (χ0) is 15.4. The lowest BCUT2D eigenvalue weighted by molar-refractivity contribution is 0.103. The first-order valence-electron chi connectivity index (χ1n) is 6.51. The molecule has 0 saturated heterocycles. The monoisotopic (exact) mass is 349 g/mol. The Labute approximate surface area is 132 Å². The van der Waals surface area contributed by atoms with Gasteiger partial charge in [0.05, 0.1) is 23.9 Å². The normalized spacial score (nSPS) is 10.5. The van der Waals surface area contributed by atoms with Crippen LogP contribution in [0.15, 0.2) is 41.1 Å². The van der Waals surface area contributed by atoms with Gasteiger partial charge < -0.3 is 9.47 Å². The molecule has 0 spiro atoms. The molecule has 21 heavy (non-hydrogen) atoms. The molecular weight excluding hydrogens is 334 g/mol. The number of pyridine rings is 1. The van der Waals surface area contributed by atoms with Crippen molar-refractivity contribution in [2.24, 2.45) is 0 Å². The number of rotatable bonds is 5. The van der Waals surface area contributed by atoms with Crippen molar-refractivity contribution in [1.29, 1.82) is 0 Å². The summed E-state index contributed by atoms with van der Waals surface area (Å²) in [5.41, 5.74) is 1.05. The molecule has 0 bridgehead atoms. The molecule has 0 aliphatic carbocycles. The molecule has 1 heterocycles. The Morgan fingerprint density at radius 1 is 1.19 bits per heavy atom. The summed E-state index contributed by atoms with van der Waals surface area (Å²) >= 11 is 3.38. The lowest BCUT2D eigenvalue weighted by Crippen LogP contribution is -2.08. The summed E-state index contributed by atoms with van der Waals surface area (Å²) in [5.74, 6) is 1.16. The number of aromatic nitrogens is 1. The van der Waals surface area contributed by atoms with Gasteiger partial charge in [-0.3, -0.25) is 9.78 Å². The first-order chi connectivity index (χ1) is 10.0. The van der Waals surface area contributed by atoms with Gasteiger partial charge in [0.1, 0.15) is 11.5 Å².